The van der Waals surface area contributed by atoms with Crippen molar-refractivity contribution in [3.05, 3.63) is 52.2 Å². The van der Waals surface area contributed by atoms with Crippen molar-refractivity contribution < 1.29 is 4.74 Å². The third-order valence-corrected chi connectivity index (χ3v) is 5.40. The minimum Gasteiger partial charge on any atom is -0.491 e. The molecule has 0 saturated carbocycles. The van der Waals surface area contributed by atoms with Gasteiger partial charge in [-0.1, -0.05) is 18.5 Å². The van der Waals surface area contributed by atoms with E-state index in [0.717, 1.165) is 53.4 Å². The van der Waals surface area contributed by atoms with Gasteiger partial charge in [0.25, 0.3) is 0 Å². The molecule has 1 aliphatic carbocycles. The van der Waals surface area contributed by atoms with Crippen molar-refractivity contribution >= 4 is 28.2 Å². The third-order valence-electron chi connectivity index (χ3n) is 5.00. The Balaban J connectivity index is 1.69. The summed E-state index contributed by atoms with van der Waals surface area (Å²) in [5.41, 5.74) is 4.74. The maximum absolute atomic E-state index is 9.60. The minimum atomic E-state index is 0.114. The number of nitrogens with one attached hydrogen (secondary N) is 2. The van der Waals surface area contributed by atoms with Crippen LogP contribution in [0.1, 0.15) is 48.9 Å². The Morgan fingerprint density at radius 1 is 1.41 bits per heavy atom. The number of hydrogen-bond donors (Lipinski definition) is 2. The quantitative estimate of drug-likeness (QED) is 0.624. The number of rotatable bonds is 5. The first-order valence-corrected chi connectivity index (χ1v) is 9.67. The van der Waals surface area contributed by atoms with E-state index in [0.29, 0.717) is 22.9 Å². The number of hydrogen-bond acceptors (Lipinski definition) is 4. The van der Waals surface area contributed by atoms with Gasteiger partial charge < -0.3 is 10.1 Å². The number of H-pyrrole nitrogens is 1. The van der Waals surface area contributed by atoms with Crippen molar-refractivity contribution in [2.24, 2.45) is 0 Å². The number of nitriles is 1. The largest absolute Gasteiger partial charge is 0.491 e. The van der Waals surface area contributed by atoms with Crippen LogP contribution in [0.2, 0.25) is 5.02 Å². The van der Waals surface area contributed by atoms with E-state index in [2.05, 4.69) is 27.6 Å². The van der Waals surface area contributed by atoms with E-state index in [1.54, 1.807) is 0 Å². The molecule has 0 amide bonds. The molecule has 27 heavy (non-hydrogen) atoms. The van der Waals surface area contributed by atoms with E-state index in [1.807, 2.05) is 31.3 Å². The van der Waals surface area contributed by atoms with Crippen LogP contribution >= 0.6 is 11.6 Å². The molecule has 1 heterocycles. The zero-order valence-corrected chi connectivity index (χ0v) is 15.9. The lowest BCUT2D eigenvalue weighted by Crippen LogP contribution is -2.18. The normalized spacial score (nSPS) is 16.0. The zero-order chi connectivity index (χ0) is 18.8. The second kappa shape index (κ2) is 7.50. The van der Waals surface area contributed by atoms with Gasteiger partial charge in [0.1, 0.15) is 6.07 Å². The number of benzene rings is 2. The lowest BCUT2D eigenvalue weighted by molar-refractivity contribution is 0.316. The Bertz CT molecular complexity index is 1020. The molecule has 0 bridgehead atoms. The molecular weight excluding hydrogens is 360 g/mol. The van der Waals surface area contributed by atoms with Crippen LogP contribution in [-0.4, -0.2) is 16.8 Å². The fourth-order valence-corrected chi connectivity index (χ4v) is 4.07. The fourth-order valence-electron chi connectivity index (χ4n) is 3.71. The summed E-state index contributed by atoms with van der Waals surface area (Å²) in [5.74, 6) is 0.528. The Morgan fingerprint density at radius 2 is 2.30 bits per heavy atom. The van der Waals surface area contributed by atoms with Crippen LogP contribution in [-0.2, 0) is 6.42 Å². The first-order valence-electron chi connectivity index (χ1n) is 9.29. The standard InChI is InChI=1S/C21H21ClN4O/c1-2-8-27-21-13(11-23)10-17-16(20(21)22)4-3-5-19(17)25-15-6-7-18-14(9-15)12-24-26-18/h6-7,9-10,12,19,25H,2-5,8H2,1H3,(H,24,26). The van der Waals surface area contributed by atoms with Gasteiger partial charge in [-0.25, -0.2) is 0 Å². The SMILES string of the molecule is CCCOc1c(C#N)cc2c(c1Cl)CCCC2Nc1ccc2[nH]ncc2c1. The maximum Gasteiger partial charge on any atom is 0.155 e. The van der Waals surface area contributed by atoms with E-state index < -0.39 is 0 Å². The summed E-state index contributed by atoms with van der Waals surface area (Å²) in [7, 11) is 0. The predicted octanol–water partition coefficient (Wildman–Crippen LogP) is 5.37. The smallest absolute Gasteiger partial charge is 0.155 e. The summed E-state index contributed by atoms with van der Waals surface area (Å²) < 4.78 is 5.78. The second-order valence-corrected chi connectivity index (χ2v) is 7.23. The molecule has 3 aromatic rings. The predicted molar refractivity (Wildman–Crippen MR) is 107 cm³/mol. The fraction of sp³-hybridized carbons (Fsp3) is 0.333. The first-order chi connectivity index (χ1) is 13.2. The van der Waals surface area contributed by atoms with E-state index in [-0.39, 0.29) is 6.04 Å². The molecule has 6 heteroatoms. The average molecular weight is 381 g/mol. The van der Waals surface area contributed by atoms with Gasteiger partial charge in [0, 0.05) is 11.1 Å². The number of aromatic amines is 1. The zero-order valence-electron chi connectivity index (χ0n) is 15.2. The van der Waals surface area contributed by atoms with Gasteiger partial charge >= 0.3 is 0 Å². The maximum atomic E-state index is 9.60. The Hall–Kier alpha value is -2.71. The molecule has 0 radical (unpaired) electrons. The molecule has 138 valence electrons. The molecular formula is C21H21ClN4O. The highest BCUT2D eigenvalue weighted by atomic mass is 35.5. The van der Waals surface area contributed by atoms with Crippen molar-refractivity contribution in [2.45, 2.75) is 38.6 Å². The van der Waals surface area contributed by atoms with Gasteiger partial charge in [0.05, 0.1) is 34.9 Å². The monoisotopic (exact) mass is 380 g/mol. The van der Waals surface area contributed by atoms with Crippen LogP contribution in [0.5, 0.6) is 5.75 Å². The van der Waals surface area contributed by atoms with Crippen molar-refractivity contribution in [1.29, 1.82) is 5.26 Å². The molecule has 0 fully saturated rings. The van der Waals surface area contributed by atoms with Crippen LogP contribution in [0.3, 0.4) is 0 Å². The number of aromatic nitrogens is 2. The van der Waals surface area contributed by atoms with E-state index in [9.17, 15) is 5.26 Å². The van der Waals surface area contributed by atoms with Crippen LogP contribution in [0, 0.1) is 11.3 Å². The second-order valence-electron chi connectivity index (χ2n) is 6.86. The number of anilines is 1. The highest BCUT2D eigenvalue weighted by Gasteiger charge is 2.26. The van der Waals surface area contributed by atoms with E-state index in [4.69, 9.17) is 16.3 Å². The Kier molecular flexibility index (Phi) is 4.91. The lowest BCUT2D eigenvalue weighted by atomic mass is 9.86. The number of ether oxygens (including phenoxy) is 1. The van der Waals surface area contributed by atoms with Gasteiger partial charge in [-0.05, 0) is 61.1 Å². The summed E-state index contributed by atoms with van der Waals surface area (Å²) in [5, 5.41) is 21.9. The van der Waals surface area contributed by atoms with Gasteiger partial charge in [-0.2, -0.15) is 10.4 Å². The number of nitrogens with zero attached hydrogens (tertiary/aromatic N) is 2. The number of halogens is 1. The van der Waals surface area contributed by atoms with Gasteiger partial charge in [0.15, 0.2) is 5.75 Å². The molecule has 1 unspecified atom stereocenters. The minimum absolute atomic E-state index is 0.114. The van der Waals surface area contributed by atoms with Crippen LogP contribution in [0.4, 0.5) is 5.69 Å². The molecule has 2 aromatic carbocycles. The van der Waals surface area contributed by atoms with Crippen molar-refractivity contribution in [3.63, 3.8) is 0 Å². The molecule has 1 aromatic heterocycles. The molecule has 0 aliphatic heterocycles. The summed E-state index contributed by atoms with van der Waals surface area (Å²) in [6, 6.07) is 10.5. The van der Waals surface area contributed by atoms with Crippen LogP contribution < -0.4 is 10.1 Å². The lowest BCUT2D eigenvalue weighted by Gasteiger charge is -2.29. The summed E-state index contributed by atoms with van der Waals surface area (Å²) in [6.07, 6.45) is 5.63. The third kappa shape index (κ3) is 3.33. The van der Waals surface area contributed by atoms with Crippen molar-refractivity contribution in [2.75, 3.05) is 11.9 Å². The van der Waals surface area contributed by atoms with E-state index in [1.165, 1.54) is 0 Å². The highest BCUT2D eigenvalue weighted by Crippen LogP contribution is 2.42. The molecule has 0 spiro atoms. The topological polar surface area (TPSA) is 73.7 Å². The van der Waals surface area contributed by atoms with Crippen molar-refractivity contribution in [3.8, 4) is 11.8 Å². The van der Waals surface area contributed by atoms with Crippen LogP contribution in [0.15, 0.2) is 30.5 Å². The number of fused-ring (bicyclic) bond motifs is 2. The molecule has 4 rings (SSSR count). The summed E-state index contributed by atoms with van der Waals surface area (Å²) in [6.45, 7) is 2.59. The molecule has 1 atom stereocenters. The Morgan fingerprint density at radius 3 is 3.11 bits per heavy atom. The van der Waals surface area contributed by atoms with Gasteiger partial charge in [-0.3, -0.25) is 5.10 Å². The Labute approximate surface area is 163 Å². The van der Waals surface area contributed by atoms with E-state index >= 15 is 0 Å². The van der Waals surface area contributed by atoms with Crippen molar-refractivity contribution in [1.82, 2.24) is 10.2 Å². The molecule has 5 nitrogen and oxygen atoms in total. The van der Waals surface area contributed by atoms with Gasteiger partial charge in [0.2, 0.25) is 0 Å². The van der Waals surface area contributed by atoms with Gasteiger partial charge in [-0.15, -0.1) is 0 Å². The molecule has 0 saturated heterocycles. The highest BCUT2D eigenvalue weighted by molar-refractivity contribution is 6.33. The first kappa shape index (κ1) is 17.7. The average Bonchev–Trinajstić information content (AvgIpc) is 3.15. The summed E-state index contributed by atoms with van der Waals surface area (Å²) in [4.78, 5) is 0. The van der Waals surface area contributed by atoms with Crippen LogP contribution in [0.25, 0.3) is 10.9 Å². The molecule has 2 N–H and O–H groups in total. The summed E-state index contributed by atoms with van der Waals surface area (Å²) >= 11 is 6.66. The molecule has 1 aliphatic rings.